The van der Waals surface area contributed by atoms with Crippen molar-refractivity contribution in [3.05, 3.63) is 28.3 Å². The molecule has 11 nitrogen and oxygen atoms in total. The van der Waals surface area contributed by atoms with Gasteiger partial charge >= 0.3 is 0 Å². The zero-order chi connectivity index (χ0) is 23.5. The van der Waals surface area contributed by atoms with Crippen LogP contribution in [0.2, 0.25) is 0 Å². The molecule has 0 bridgehead atoms. The van der Waals surface area contributed by atoms with Crippen LogP contribution in [0.3, 0.4) is 0 Å². The van der Waals surface area contributed by atoms with E-state index in [0.717, 1.165) is 18.9 Å². The van der Waals surface area contributed by atoms with Crippen LogP contribution in [0.15, 0.2) is 23.1 Å². The number of likely N-dealkylation sites (N-methyl/N-ethyl adjacent to an activating group) is 1. The largest absolute Gasteiger partial charge is 0.363 e. The van der Waals surface area contributed by atoms with Crippen LogP contribution < -0.4 is 14.9 Å². The second-order valence-corrected chi connectivity index (χ2v) is 10.4. The van der Waals surface area contributed by atoms with E-state index in [0.29, 0.717) is 44.5 Å². The van der Waals surface area contributed by atoms with Gasteiger partial charge in [0.15, 0.2) is 0 Å². The number of hydrogen-bond acceptors (Lipinski definition) is 8. The molecule has 1 unspecified atom stereocenters. The minimum Gasteiger partial charge on any atom is -0.363 e. The number of benzene rings is 1. The summed E-state index contributed by atoms with van der Waals surface area (Å²) in [5, 5.41) is 14.7. The highest BCUT2D eigenvalue weighted by Crippen LogP contribution is 2.31. The molecule has 2 aliphatic rings. The van der Waals surface area contributed by atoms with Gasteiger partial charge in [0.05, 0.1) is 15.9 Å². The van der Waals surface area contributed by atoms with Crippen LogP contribution in [0.5, 0.6) is 0 Å². The number of rotatable bonds is 10. The zero-order valence-electron chi connectivity index (χ0n) is 18.8. The van der Waals surface area contributed by atoms with Crippen LogP contribution in [0.25, 0.3) is 0 Å². The molecule has 1 amide bonds. The van der Waals surface area contributed by atoms with Gasteiger partial charge in [0, 0.05) is 51.4 Å². The number of hydrogen-bond donors (Lipinski definition) is 2. The fourth-order valence-electron chi connectivity index (χ4n) is 3.64. The van der Waals surface area contributed by atoms with Crippen LogP contribution in [-0.4, -0.2) is 94.5 Å². The number of nitrogens with one attached hydrogen (secondary N) is 2. The lowest BCUT2D eigenvalue weighted by Gasteiger charge is -2.38. The van der Waals surface area contributed by atoms with Crippen molar-refractivity contribution in [2.24, 2.45) is 0 Å². The number of sulfonamides is 1. The Morgan fingerprint density at radius 3 is 2.47 bits per heavy atom. The molecular formula is C20H32N6O5S. The highest BCUT2D eigenvalue weighted by molar-refractivity contribution is 7.89. The van der Waals surface area contributed by atoms with Gasteiger partial charge in [0.2, 0.25) is 15.9 Å². The van der Waals surface area contributed by atoms with E-state index in [4.69, 9.17) is 0 Å². The first-order valence-electron chi connectivity index (χ1n) is 10.8. The molecule has 3 rings (SSSR count). The van der Waals surface area contributed by atoms with Crippen molar-refractivity contribution in [3.8, 4) is 0 Å². The summed E-state index contributed by atoms with van der Waals surface area (Å²) in [5.41, 5.74) is 0.144. The molecule has 0 spiro atoms. The number of nitro groups is 1. The molecule has 1 aliphatic carbocycles. The number of amides is 1. The summed E-state index contributed by atoms with van der Waals surface area (Å²) in [5.74, 6) is 0.0169. The van der Waals surface area contributed by atoms with E-state index in [1.807, 2.05) is 30.8 Å². The van der Waals surface area contributed by atoms with E-state index >= 15 is 0 Å². The fourth-order valence-corrected chi connectivity index (χ4v) is 4.68. The molecule has 2 fully saturated rings. The van der Waals surface area contributed by atoms with Crippen molar-refractivity contribution in [3.63, 3.8) is 0 Å². The van der Waals surface area contributed by atoms with Crippen molar-refractivity contribution >= 4 is 27.3 Å². The Balaban J connectivity index is 1.67. The molecule has 1 saturated heterocycles. The second-order valence-electron chi connectivity index (χ2n) is 8.59. The van der Waals surface area contributed by atoms with Crippen molar-refractivity contribution in [1.82, 2.24) is 19.8 Å². The Bertz CT molecular complexity index is 942. The van der Waals surface area contributed by atoms with E-state index in [1.54, 1.807) is 0 Å². The van der Waals surface area contributed by atoms with E-state index in [2.05, 4.69) is 14.9 Å². The zero-order valence-corrected chi connectivity index (χ0v) is 19.6. The number of carbonyl (C=O) groups is 1. The van der Waals surface area contributed by atoms with Gasteiger partial charge in [0.1, 0.15) is 5.69 Å². The third kappa shape index (κ3) is 6.15. The third-order valence-electron chi connectivity index (χ3n) is 5.81. The standard InChI is InChI=1S/C20H32N6O5S/c1-15(20(27)22-16-4-5-16)24-10-12-25(13-11-24)18-7-6-17(14-19(18)26(28)29)32(30,31)21-8-9-23(2)3/h6-7,14-16,21H,4-5,8-13H2,1-3H3,(H,22,27). The summed E-state index contributed by atoms with van der Waals surface area (Å²) >= 11 is 0. The van der Waals surface area contributed by atoms with E-state index in [9.17, 15) is 23.3 Å². The maximum Gasteiger partial charge on any atom is 0.293 e. The van der Waals surface area contributed by atoms with Gasteiger partial charge < -0.3 is 15.1 Å². The molecule has 1 heterocycles. The lowest BCUT2D eigenvalue weighted by atomic mass is 10.2. The quantitative estimate of drug-likeness (QED) is 0.369. The van der Waals surface area contributed by atoms with Crippen molar-refractivity contribution in [2.45, 2.75) is 36.7 Å². The molecule has 0 aromatic heterocycles. The predicted molar refractivity (Wildman–Crippen MR) is 121 cm³/mol. The summed E-state index contributed by atoms with van der Waals surface area (Å²) in [6.45, 7) is 4.79. The number of nitro benzene ring substituents is 1. The average molecular weight is 469 g/mol. The molecule has 32 heavy (non-hydrogen) atoms. The lowest BCUT2D eigenvalue weighted by molar-refractivity contribution is -0.384. The monoisotopic (exact) mass is 468 g/mol. The maximum atomic E-state index is 12.5. The summed E-state index contributed by atoms with van der Waals surface area (Å²) in [6.07, 6.45) is 2.07. The summed E-state index contributed by atoms with van der Waals surface area (Å²) in [6, 6.07) is 4.07. The molecule has 1 aromatic carbocycles. The van der Waals surface area contributed by atoms with Gasteiger partial charge in [-0.3, -0.25) is 19.8 Å². The first-order chi connectivity index (χ1) is 15.1. The molecule has 0 radical (unpaired) electrons. The van der Waals surface area contributed by atoms with E-state index < -0.39 is 14.9 Å². The Labute approximate surface area is 188 Å². The molecule has 1 aromatic rings. The summed E-state index contributed by atoms with van der Waals surface area (Å²) < 4.78 is 27.5. The third-order valence-corrected chi connectivity index (χ3v) is 7.27. The van der Waals surface area contributed by atoms with Gasteiger partial charge in [-0.25, -0.2) is 13.1 Å². The Morgan fingerprint density at radius 2 is 1.91 bits per heavy atom. The van der Waals surface area contributed by atoms with Crippen molar-refractivity contribution in [1.29, 1.82) is 0 Å². The number of carbonyl (C=O) groups excluding carboxylic acids is 1. The summed E-state index contributed by atoms with van der Waals surface area (Å²) in [7, 11) is -0.192. The van der Waals surface area contributed by atoms with E-state index in [-0.39, 0.29) is 29.1 Å². The Morgan fingerprint density at radius 1 is 1.25 bits per heavy atom. The second kappa shape index (κ2) is 10.1. The Hall–Kier alpha value is -2.28. The minimum atomic E-state index is -3.85. The SMILES string of the molecule is CC(C(=O)NC1CC1)N1CCN(c2ccc(S(=O)(=O)NCCN(C)C)cc2[N+](=O)[O-])CC1. The maximum absolute atomic E-state index is 12.5. The predicted octanol–water partition coefficient (Wildman–Crippen LogP) is 0.224. The first-order valence-corrected chi connectivity index (χ1v) is 12.3. The molecule has 178 valence electrons. The minimum absolute atomic E-state index is 0.0169. The van der Waals surface area contributed by atoms with Gasteiger partial charge in [-0.15, -0.1) is 0 Å². The fraction of sp³-hybridized carbons (Fsp3) is 0.650. The van der Waals surface area contributed by atoms with E-state index in [1.165, 1.54) is 12.1 Å². The number of piperazine rings is 1. The Kier molecular flexibility index (Phi) is 7.70. The molecule has 12 heteroatoms. The molecular weight excluding hydrogens is 436 g/mol. The topological polar surface area (TPSA) is 128 Å². The van der Waals surface area contributed by atoms with Gasteiger partial charge in [-0.1, -0.05) is 0 Å². The average Bonchev–Trinajstić information content (AvgIpc) is 3.56. The van der Waals surface area contributed by atoms with Gasteiger partial charge in [0.25, 0.3) is 5.69 Å². The highest BCUT2D eigenvalue weighted by atomic mass is 32.2. The normalized spacial score (nSPS) is 18.6. The van der Waals surface area contributed by atoms with Gasteiger partial charge in [-0.05, 0) is 46.0 Å². The smallest absolute Gasteiger partial charge is 0.293 e. The summed E-state index contributed by atoms with van der Waals surface area (Å²) in [4.78, 5) is 29.1. The molecule has 1 saturated carbocycles. The van der Waals surface area contributed by atoms with Crippen LogP contribution in [-0.2, 0) is 14.8 Å². The number of anilines is 1. The van der Waals surface area contributed by atoms with Crippen LogP contribution in [0.1, 0.15) is 19.8 Å². The molecule has 1 atom stereocenters. The lowest BCUT2D eigenvalue weighted by Crippen LogP contribution is -2.54. The van der Waals surface area contributed by atoms with Crippen molar-refractivity contribution < 1.29 is 18.1 Å². The van der Waals surface area contributed by atoms with Crippen LogP contribution in [0.4, 0.5) is 11.4 Å². The van der Waals surface area contributed by atoms with Gasteiger partial charge in [-0.2, -0.15) is 0 Å². The highest BCUT2D eigenvalue weighted by Gasteiger charge is 2.31. The van der Waals surface area contributed by atoms with Crippen molar-refractivity contribution in [2.75, 3.05) is 58.3 Å². The van der Waals surface area contributed by atoms with Crippen LogP contribution >= 0.6 is 0 Å². The molecule has 2 N–H and O–H groups in total. The molecule has 1 aliphatic heterocycles. The van der Waals surface area contributed by atoms with Crippen LogP contribution in [0, 0.1) is 10.1 Å². The number of nitrogens with zero attached hydrogens (tertiary/aromatic N) is 4. The first kappa shape index (κ1) is 24.4.